The fourth-order valence-electron chi connectivity index (χ4n) is 3.15. The molecule has 210 valence electrons. The summed E-state index contributed by atoms with van der Waals surface area (Å²) in [6.07, 6.45) is -1.08. The summed E-state index contributed by atoms with van der Waals surface area (Å²) in [5.74, 6) is 1.23. The molecular weight excluding hydrogens is 605 g/mol. The van der Waals surface area contributed by atoms with Gasteiger partial charge in [-0.1, -0.05) is 51.6 Å². The minimum Gasteiger partial charge on any atom is -0.490 e. The van der Waals surface area contributed by atoms with Crippen molar-refractivity contribution in [2.45, 2.75) is 19.5 Å². The summed E-state index contributed by atoms with van der Waals surface area (Å²) in [6.45, 7) is 2.34. The first kappa shape index (κ1) is 30.7. The number of halogens is 7. The maximum atomic E-state index is 12.8. The van der Waals surface area contributed by atoms with E-state index in [4.69, 9.17) is 65.5 Å². The molecule has 1 aromatic heterocycles. The van der Waals surface area contributed by atoms with Gasteiger partial charge in [-0.15, -0.1) is 0 Å². The van der Waals surface area contributed by atoms with Crippen molar-refractivity contribution in [2.24, 2.45) is 12.2 Å². The molecule has 3 rings (SSSR count). The molecule has 0 aliphatic heterocycles. The lowest BCUT2D eigenvalue weighted by atomic mass is 10.2. The first-order valence-electron chi connectivity index (χ1n) is 11.3. The highest BCUT2D eigenvalue weighted by atomic mass is 35.5. The first-order chi connectivity index (χ1) is 18.5. The summed E-state index contributed by atoms with van der Waals surface area (Å²) in [5, 5.41) is 8.75. The lowest BCUT2D eigenvalue weighted by Crippen LogP contribution is -2.04. The zero-order valence-electron chi connectivity index (χ0n) is 20.6. The first-order valence-corrected chi connectivity index (χ1v) is 12.8. The summed E-state index contributed by atoms with van der Waals surface area (Å²) in [6, 6.07) is 7.46. The third kappa shape index (κ3) is 9.13. The third-order valence-corrected chi connectivity index (χ3v) is 5.82. The average Bonchev–Trinajstić information content (AvgIpc) is 3.11. The Morgan fingerprint density at radius 2 is 1.69 bits per heavy atom. The molecule has 0 saturated carbocycles. The lowest BCUT2D eigenvalue weighted by molar-refractivity contribution is -0.137. The minimum atomic E-state index is -4.43. The SMILES string of the molecule is Cc1nn(C)c(Oc2ccc(C(F)(F)F)cc2)c1/C=N/OCCCOc1c(Cl)cc(OCC=C(Cl)Cl)cc1Cl. The van der Waals surface area contributed by atoms with Gasteiger partial charge in [0.05, 0.1) is 39.7 Å². The molecule has 0 atom stereocenters. The molecule has 0 aliphatic rings. The van der Waals surface area contributed by atoms with E-state index < -0.39 is 11.7 Å². The van der Waals surface area contributed by atoms with E-state index in [0.29, 0.717) is 35.1 Å². The Bertz CT molecular complexity index is 1300. The van der Waals surface area contributed by atoms with E-state index >= 15 is 0 Å². The van der Waals surface area contributed by atoms with Crippen molar-refractivity contribution in [3.63, 3.8) is 0 Å². The number of alkyl halides is 3. The highest BCUT2D eigenvalue weighted by Crippen LogP contribution is 2.37. The fraction of sp³-hybridized carbons (Fsp3) is 0.280. The highest BCUT2D eigenvalue weighted by molar-refractivity contribution is 6.55. The van der Waals surface area contributed by atoms with Gasteiger partial charge < -0.3 is 19.0 Å². The number of rotatable bonds is 12. The minimum absolute atomic E-state index is 0.0844. The van der Waals surface area contributed by atoms with Gasteiger partial charge in [-0.25, -0.2) is 4.68 Å². The molecule has 0 bridgehead atoms. The van der Waals surface area contributed by atoms with Crippen molar-refractivity contribution in [2.75, 3.05) is 19.8 Å². The predicted molar refractivity (Wildman–Crippen MR) is 145 cm³/mol. The smallest absolute Gasteiger partial charge is 0.416 e. The van der Waals surface area contributed by atoms with Crippen molar-refractivity contribution in [1.29, 1.82) is 0 Å². The number of nitrogens with zero attached hydrogens (tertiary/aromatic N) is 3. The summed E-state index contributed by atoms with van der Waals surface area (Å²) in [4.78, 5) is 5.30. The van der Waals surface area contributed by atoms with Crippen molar-refractivity contribution < 1.29 is 32.2 Å². The van der Waals surface area contributed by atoms with Crippen LogP contribution in [0.4, 0.5) is 13.2 Å². The Morgan fingerprint density at radius 3 is 2.31 bits per heavy atom. The van der Waals surface area contributed by atoms with E-state index in [9.17, 15) is 13.2 Å². The topological polar surface area (TPSA) is 67.1 Å². The van der Waals surface area contributed by atoms with Gasteiger partial charge in [-0.05, 0) is 37.3 Å². The lowest BCUT2D eigenvalue weighted by Gasteiger charge is -2.12. The average molecular weight is 627 g/mol. The van der Waals surface area contributed by atoms with Crippen LogP contribution in [0.5, 0.6) is 23.1 Å². The van der Waals surface area contributed by atoms with E-state index in [1.165, 1.54) is 29.1 Å². The molecule has 2 aromatic carbocycles. The van der Waals surface area contributed by atoms with Crippen LogP contribution in [0.15, 0.2) is 52.1 Å². The van der Waals surface area contributed by atoms with Crippen LogP contribution >= 0.6 is 46.4 Å². The number of aryl methyl sites for hydroxylation is 2. The number of ether oxygens (including phenoxy) is 3. The molecule has 3 aromatic rings. The fourth-order valence-corrected chi connectivity index (χ4v) is 3.85. The predicted octanol–water partition coefficient (Wildman–Crippen LogP) is 8.36. The molecule has 1 heterocycles. The van der Waals surface area contributed by atoms with Gasteiger partial charge in [0.15, 0.2) is 5.75 Å². The van der Waals surface area contributed by atoms with Crippen LogP contribution < -0.4 is 14.2 Å². The van der Waals surface area contributed by atoms with Gasteiger partial charge >= 0.3 is 6.18 Å². The monoisotopic (exact) mass is 625 g/mol. The van der Waals surface area contributed by atoms with Crippen LogP contribution in [-0.2, 0) is 18.1 Å². The number of hydrogen-bond acceptors (Lipinski definition) is 6. The second-order valence-corrected chi connectivity index (χ2v) is 9.66. The molecule has 0 radical (unpaired) electrons. The van der Waals surface area contributed by atoms with Crippen molar-refractivity contribution in [3.05, 3.63) is 73.8 Å². The highest BCUT2D eigenvalue weighted by Gasteiger charge is 2.30. The third-order valence-electron chi connectivity index (χ3n) is 4.95. The normalized spacial score (nSPS) is 11.5. The van der Waals surface area contributed by atoms with Gasteiger partial charge in [-0.3, -0.25) is 0 Å². The quantitative estimate of drug-likeness (QED) is 0.115. The number of oxime groups is 1. The van der Waals surface area contributed by atoms with E-state index in [1.54, 1.807) is 26.1 Å². The molecule has 0 unspecified atom stereocenters. The molecule has 39 heavy (non-hydrogen) atoms. The van der Waals surface area contributed by atoms with Crippen LogP contribution in [-0.4, -0.2) is 35.8 Å². The molecule has 0 saturated heterocycles. The Morgan fingerprint density at radius 1 is 1.03 bits per heavy atom. The van der Waals surface area contributed by atoms with E-state index in [2.05, 4.69) is 10.3 Å². The molecule has 0 aliphatic carbocycles. The zero-order chi connectivity index (χ0) is 28.6. The van der Waals surface area contributed by atoms with Crippen LogP contribution in [0.2, 0.25) is 10.0 Å². The van der Waals surface area contributed by atoms with E-state index in [0.717, 1.165) is 12.1 Å². The summed E-state index contributed by atoms with van der Waals surface area (Å²) >= 11 is 23.6. The summed E-state index contributed by atoms with van der Waals surface area (Å²) < 4.78 is 56.8. The zero-order valence-corrected chi connectivity index (χ0v) is 23.6. The van der Waals surface area contributed by atoms with Crippen LogP contribution in [0.1, 0.15) is 23.2 Å². The number of hydrogen-bond donors (Lipinski definition) is 0. The van der Waals surface area contributed by atoms with Crippen molar-refractivity contribution in [3.8, 4) is 23.1 Å². The molecule has 14 heteroatoms. The van der Waals surface area contributed by atoms with E-state index in [-0.39, 0.29) is 40.1 Å². The molecule has 0 spiro atoms. The molecule has 7 nitrogen and oxygen atoms in total. The van der Waals surface area contributed by atoms with Gasteiger partial charge in [-0.2, -0.15) is 18.3 Å². The van der Waals surface area contributed by atoms with Crippen molar-refractivity contribution >= 4 is 52.6 Å². The largest absolute Gasteiger partial charge is 0.490 e. The maximum absolute atomic E-state index is 12.8. The standard InChI is InChI=1S/C25H22Cl4F3N3O4/c1-15-19(24(35(2)34-15)39-17-6-4-16(5-7-17)25(30,31)32)14-33-38-10-3-9-37-23-20(26)12-18(13-21(23)27)36-11-8-22(28)29/h4-8,12-14H,3,9-11H2,1-2H3/b33-14+. The Kier molecular flexibility index (Phi) is 11.1. The number of benzene rings is 2. The van der Waals surface area contributed by atoms with Crippen LogP contribution in [0.25, 0.3) is 0 Å². The second-order valence-electron chi connectivity index (χ2n) is 7.84. The van der Waals surface area contributed by atoms with Gasteiger partial charge in [0.25, 0.3) is 0 Å². The molecule has 0 amide bonds. The summed E-state index contributed by atoms with van der Waals surface area (Å²) in [5.41, 5.74) is 0.333. The van der Waals surface area contributed by atoms with Crippen LogP contribution in [0, 0.1) is 6.92 Å². The Hall–Kier alpha value is -2.79. The summed E-state index contributed by atoms with van der Waals surface area (Å²) in [7, 11) is 1.64. The van der Waals surface area contributed by atoms with Crippen molar-refractivity contribution in [1.82, 2.24) is 9.78 Å². The second kappa shape index (κ2) is 14.0. The Labute approximate surface area is 242 Å². The maximum Gasteiger partial charge on any atom is 0.416 e. The van der Waals surface area contributed by atoms with Gasteiger partial charge in [0.1, 0.15) is 29.2 Å². The van der Waals surface area contributed by atoms with Crippen LogP contribution in [0.3, 0.4) is 0 Å². The molecule has 0 N–H and O–H groups in total. The van der Waals surface area contributed by atoms with Gasteiger partial charge in [0, 0.05) is 25.6 Å². The number of aromatic nitrogens is 2. The Balaban J connectivity index is 1.50. The van der Waals surface area contributed by atoms with E-state index in [1.807, 2.05) is 0 Å². The molecule has 0 fully saturated rings. The molecular formula is C25H22Cl4F3N3O4. The van der Waals surface area contributed by atoms with Gasteiger partial charge in [0.2, 0.25) is 5.88 Å².